The Bertz CT molecular complexity index is 815. The van der Waals surface area contributed by atoms with Crippen molar-refractivity contribution in [2.75, 3.05) is 50.8 Å². The van der Waals surface area contributed by atoms with E-state index in [4.69, 9.17) is 0 Å². The van der Waals surface area contributed by atoms with E-state index in [-0.39, 0.29) is 36.5 Å². The molecule has 2 aliphatic heterocycles. The molecule has 1 saturated carbocycles. The van der Waals surface area contributed by atoms with Crippen LogP contribution in [0.5, 0.6) is 0 Å². The molecule has 6 nitrogen and oxygen atoms in total. The molecule has 1 amide bonds. The maximum absolute atomic E-state index is 13.1. The smallest absolute Gasteiger partial charge is 0.394 e. The zero-order chi connectivity index (χ0) is 22.9. The van der Waals surface area contributed by atoms with E-state index in [0.29, 0.717) is 44.8 Å². The number of nitrogens with zero attached hydrogens (tertiary/aromatic N) is 3. The van der Waals surface area contributed by atoms with Gasteiger partial charge in [0.25, 0.3) is 0 Å². The van der Waals surface area contributed by atoms with Crippen molar-refractivity contribution in [3.63, 3.8) is 0 Å². The summed E-state index contributed by atoms with van der Waals surface area (Å²) < 4.78 is 39.2. The van der Waals surface area contributed by atoms with Gasteiger partial charge in [0.1, 0.15) is 0 Å². The van der Waals surface area contributed by atoms with E-state index in [1.54, 1.807) is 15.9 Å². The van der Waals surface area contributed by atoms with Crippen LogP contribution in [-0.2, 0) is 11.0 Å². The minimum atomic E-state index is -4.41. The molecule has 9 heteroatoms. The highest BCUT2D eigenvalue weighted by atomic mass is 19.4. The van der Waals surface area contributed by atoms with Gasteiger partial charge in [-0.15, -0.1) is 0 Å². The number of benzene rings is 1. The fourth-order valence-electron chi connectivity index (χ4n) is 5.06. The Balaban J connectivity index is 1.35. The molecule has 0 bridgehead atoms. The average Bonchev–Trinajstić information content (AvgIpc) is 3.56. The minimum absolute atomic E-state index is 0.0888. The van der Waals surface area contributed by atoms with Gasteiger partial charge in [-0.1, -0.05) is 6.07 Å². The van der Waals surface area contributed by atoms with E-state index >= 15 is 0 Å². The largest absolute Gasteiger partial charge is 0.416 e. The number of anilines is 1. The van der Waals surface area contributed by atoms with Crippen LogP contribution in [-0.4, -0.2) is 83.9 Å². The summed E-state index contributed by atoms with van der Waals surface area (Å²) in [5.41, 5.74) is -0.112. The molecule has 2 saturated heterocycles. The first-order chi connectivity index (χ1) is 15.2. The van der Waals surface area contributed by atoms with Gasteiger partial charge in [-0.3, -0.25) is 4.79 Å². The first kappa shape index (κ1) is 23.3. The van der Waals surface area contributed by atoms with Crippen molar-refractivity contribution in [1.29, 1.82) is 0 Å². The summed E-state index contributed by atoms with van der Waals surface area (Å²) in [5, 5.41) is 20.4. The van der Waals surface area contributed by atoms with Crippen LogP contribution < -0.4 is 4.90 Å². The second kappa shape index (κ2) is 9.19. The third-order valence-corrected chi connectivity index (χ3v) is 7.45. The average molecular weight is 456 g/mol. The molecule has 1 aromatic carbocycles. The van der Waals surface area contributed by atoms with Crippen LogP contribution in [0.4, 0.5) is 18.9 Å². The lowest BCUT2D eigenvalue weighted by Gasteiger charge is -2.38. The van der Waals surface area contributed by atoms with Crippen LogP contribution in [0.3, 0.4) is 0 Å². The maximum Gasteiger partial charge on any atom is 0.416 e. The van der Waals surface area contributed by atoms with E-state index in [1.807, 2.05) is 0 Å². The van der Waals surface area contributed by atoms with Crippen LogP contribution in [0.2, 0.25) is 0 Å². The van der Waals surface area contributed by atoms with E-state index in [1.165, 1.54) is 6.07 Å². The molecule has 0 aromatic heterocycles. The van der Waals surface area contributed by atoms with Crippen molar-refractivity contribution in [3.8, 4) is 0 Å². The number of aliphatic hydroxyl groups excluding tert-OH is 2. The molecule has 2 atom stereocenters. The molecule has 1 spiro atoms. The lowest BCUT2D eigenvalue weighted by molar-refractivity contribution is -0.137. The molecule has 32 heavy (non-hydrogen) atoms. The summed E-state index contributed by atoms with van der Waals surface area (Å²) in [7, 11) is 0. The highest BCUT2D eigenvalue weighted by Crippen LogP contribution is 2.53. The maximum atomic E-state index is 13.1. The van der Waals surface area contributed by atoms with Gasteiger partial charge in [-0.2, -0.15) is 13.2 Å². The molecule has 2 N–H and O–H groups in total. The second-order valence-corrected chi connectivity index (χ2v) is 9.43. The monoisotopic (exact) mass is 455 g/mol. The van der Waals surface area contributed by atoms with Crippen LogP contribution in [0.15, 0.2) is 24.3 Å². The number of aliphatic hydroxyl groups is 2. The SMILES string of the molecule is O=C1CCN(c2cccc(C(F)(F)F)c2)CCN1[C@H](CO)CCN1CCC2(CC2)[C@H](O)C1. The van der Waals surface area contributed by atoms with Gasteiger partial charge in [-0.25, -0.2) is 0 Å². The van der Waals surface area contributed by atoms with Crippen LogP contribution >= 0.6 is 0 Å². The zero-order valence-corrected chi connectivity index (χ0v) is 18.2. The molecule has 0 radical (unpaired) electrons. The van der Waals surface area contributed by atoms with Gasteiger partial charge in [0.2, 0.25) is 5.91 Å². The molecular formula is C23H32F3N3O3. The number of halogens is 3. The van der Waals surface area contributed by atoms with E-state index < -0.39 is 11.7 Å². The van der Waals surface area contributed by atoms with Gasteiger partial charge >= 0.3 is 6.18 Å². The van der Waals surface area contributed by atoms with Crippen molar-refractivity contribution in [3.05, 3.63) is 29.8 Å². The van der Waals surface area contributed by atoms with Crippen molar-refractivity contribution >= 4 is 11.6 Å². The first-order valence-electron chi connectivity index (χ1n) is 11.4. The Morgan fingerprint density at radius 1 is 1.12 bits per heavy atom. The van der Waals surface area contributed by atoms with Crippen molar-refractivity contribution < 1.29 is 28.2 Å². The Kier molecular flexibility index (Phi) is 6.70. The van der Waals surface area contributed by atoms with Crippen molar-refractivity contribution in [1.82, 2.24) is 9.80 Å². The Morgan fingerprint density at radius 2 is 1.91 bits per heavy atom. The standard InChI is InChI=1S/C23H32F3N3O3/c24-23(25,26)17-2-1-3-18(14-17)28-10-5-21(32)29(13-12-28)19(16-30)4-9-27-11-8-22(6-7-22)20(31)15-27/h1-3,14,19-20,30-31H,4-13,15-16H2/t19-,20+/m0/s1. The number of likely N-dealkylation sites (tertiary alicyclic amines) is 1. The zero-order valence-electron chi connectivity index (χ0n) is 18.2. The normalized spacial score (nSPS) is 25.2. The fourth-order valence-corrected chi connectivity index (χ4v) is 5.06. The lowest BCUT2D eigenvalue weighted by Crippen LogP contribution is -2.48. The third kappa shape index (κ3) is 5.05. The number of hydrogen-bond acceptors (Lipinski definition) is 5. The molecule has 1 aromatic rings. The van der Waals surface area contributed by atoms with Crippen LogP contribution in [0.25, 0.3) is 0 Å². The number of carbonyl (C=O) groups is 1. The lowest BCUT2D eigenvalue weighted by atomic mass is 9.90. The molecule has 3 fully saturated rings. The fraction of sp³-hybridized carbons (Fsp3) is 0.696. The molecule has 178 valence electrons. The van der Waals surface area contributed by atoms with Crippen molar-refractivity contribution in [2.45, 2.75) is 50.4 Å². The number of piperidine rings is 1. The third-order valence-electron chi connectivity index (χ3n) is 7.45. The number of rotatable bonds is 6. The number of carbonyl (C=O) groups excluding carboxylic acids is 1. The number of amides is 1. The Labute approximate surface area is 186 Å². The van der Waals surface area contributed by atoms with Gasteiger partial charge in [0, 0.05) is 44.8 Å². The molecule has 2 heterocycles. The minimum Gasteiger partial charge on any atom is -0.394 e. The van der Waals surface area contributed by atoms with Gasteiger partial charge in [0.15, 0.2) is 0 Å². The molecule has 1 aliphatic carbocycles. The summed E-state index contributed by atoms with van der Waals surface area (Å²) in [4.78, 5) is 18.5. The summed E-state index contributed by atoms with van der Waals surface area (Å²) in [6, 6.07) is 4.85. The predicted octanol–water partition coefficient (Wildman–Crippen LogP) is 2.34. The van der Waals surface area contributed by atoms with Gasteiger partial charge in [-0.05, 0) is 55.8 Å². The topological polar surface area (TPSA) is 67.2 Å². The highest BCUT2D eigenvalue weighted by Gasteiger charge is 2.51. The molecule has 3 aliphatic rings. The molecular weight excluding hydrogens is 423 g/mol. The van der Waals surface area contributed by atoms with E-state index in [2.05, 4.69) is 4.90 Å². The highest BCUT2D eigenvalue weighted by molar-refractivity contribution is 5.78. The molecule has 0 unspecified atom stereocenters. The van der Waals surface area contributed by atoms with Gasteiger partial charge in [0.05, 0.1) is 24.3 Å². The summed E-state index contributed by atoms with van der Waals surface area (Å²) >= 11 is 0. The van der Waals surface area contributed by atoms with Crippen LogP contribution in [0, 0.1) is 5.41 Å². The number of hydrogen-bond donors (Lipinski definition) is 2. The number of alkyl halides is 3. The summed E-state index contributed by atoms with van der Waals surface area (Å²) in [6.45, 7) is 3.20. The second-order valence-electron chi connectivity index (χ2n) is 9.43. The Hall–Kier alpha value is -1.84. The quantitative estimate of drug-likeness (QED) is 0.690. The van der Waals surface area contributed by atoms with E-state index in [0.717, 1.165) is 37.9 Å². The van der Waals surface area contributed by atoms with Crippen LogP contribution in [0.1, 0.15) is 37.7 Å². The Morgan fingerprint density at radius 3 is 2.56 bits per heavy atom. The first-order valence-corrected chi connectivity index (χ1v) is 11.4. The summed E-state index contributed by atoms with van der Waals surface area (Å²) in [5.74, 6) is -0.0888. The number of β-amino-alcohol motifs (C(OH)–C–C–N with tert-alkyl or cyclic N) is 1. The van der Waals surface area contributed by atoms with Gasteiger partial charge < -0.3 is 24.9 Å². The molecule has 4 rings (SSSR count). The van der Waals surface area contributed by atoms with E-state index in [9.17, 15) is 28.2 Å². The predicted molar refractivity (Wildman–Crippen MR) is 114 cm³/mol. The summed E-state index contributed by atoms with van der Waals surface area (Å²) in [6.07, 6.45) is -0.717. The van der Waals surface area contributed by atoms with Crippen molar-refractivity contribution in [2.24, 2.45) is 5.41 Å².